The molecule has 2 aliphatic rings. The molecule has 0 aliphatic carbocycles. The van der Waals surface area contributed by atoms with E-state index in [1.165, 1.54) is 4.31 Å². The molecule has 2 saturated heterocycles. The van der Waals surface area contributed by atoms with Gasteiger partial charge in [0.2, 0.25) is 10.0 Å². The summed E-state index contributed by atoms with van der Waals surface area (Å²) in [6.45, 7) is 2.17. The first kappa shape index (κ1) is 18.6. The van der Waals surface area contributed by atoms with Gasteiger partial charge in [-0.05, 0) is 31.0 Å². The lowest BCUT2D eigenvalue weighted by molar-refractivity contribution is -0.134. The molecule has 2 heterocycles. The summed E-state index contributed by atoms with van der Waals surface area (Å²) in [5.41, 5.74) is 1.75. The Labute approximate surface area is 164 Å². The van der Waals surface area contributed by atoms with Gasteiger partial charge >= 0.3 is 6.03 Å². The SMILES string of the molecule is Cc1ccc(S(=O)(=O)N2CC[C@@H]3NC(=O)N(Cc4ccccc4)C(=O)[C@H]32)cc1. The van der Waals surface area contributed by atoms with Crippen molar-refractivity contribution in [3.8, 4) is 0 Å². The summed E-state index contributed by atoms with van der Waals surface area (Å²) in [6.07, 6.45) is 0.409. The van der Waals surface area contributed by atoms with Crippen LogP contribution >= 0.6 is 0 Å². The van der Waals surface area contributed by atoms with Crippen LogP contribution in [0.15, 0.2) is 59.5 Å². The highest BCUT2D eigenvalue weighted by atomic mass is 32.2. The molecule has 3 amide bonds. The number of amides is 3. The summed E-state index contributed by atoms with van der Waals surface area (Å²) in [6, 6.07) is 13.8. The molecule has 0 unspecified atom stereocenters. The lowest BCUT2D eigenvalue weighted by Crippen LogP contribution is -2.64. The minimum atomic E-state index is -3.84. The van der Waals surface area contributed by atoms with Crippen molar-refractivity contribution in [1.82, 2.24) is 14.5 Å². The first-order valence-electron chi connectivity index (χ1n) is 9.12. The lowest BCUT2D eigenvalue weighted by Gasteiger charge is -2.36. The summed E-state index contributed by atoms with van der Waals surface area (Å²) in [4.78, 5) is 26.8. The Bertz CT molecular complexity index is 1010. The number of urea groups is 1. The van der Waals surface area contributed by atoms with Gasteiger partial charge in [-0.25, -0.2) is 13.2 Å². The zero-order chi connectivity index (χ0) is 19.9. The molecule has 8 heteroatoms. The van der Waals surface area contributed by atoms with Crippen LogP contribution in [0.1, 0.15) is 17.5 Å². The number of hydrogen-bond acceptors (Lipinski definition) is 4. The zero-order valence-corrected chi connectivity index (χ0v) is 16.2. The lowest BCUT2D eigenvalue weighted by atomic mass is 10.1. The van der Waals surface area contributed by atoms with Gasteiger partial charge in [0.05, 0.1) is 17.5 Å². The van der Waals surface area contributed by atoms with Crippen molar-refractivity contribution in [3.63, 3.8) is 0 Å². The number of sulfonamides is 1. The third-order valence-corrected chi connectivity index (χ3v) is 7.13. The van der Waals surface area contributed by atoms with Crippen molar-refractivity contribution >= 4 is 22.0 Å². The van der Waals surface area contributed by atoms with Gasteiger partial charge in [-0.15, -0.1) is 0 Å². The average molecular weight is 399 g/mol. The Hall–Kier alpha value is -2.71. The van der Waals surface area contributed by atoms with Crippen LogP contribution in [0.2, 0.25) is 0 Å². The van der Waals surface area contributed by atoms with Crippen molar-refractivity contribution in [2.45, 2.75) is 36.9 Å². The van der Waals surface area contributed by atoms with E-state index in [0.29, 0.717) is 6.42 Å². The van der Waals surface area contributed by atoms with Gasteiger partial charge in [0.15, 0.2) is 0 Å². The Kier molecular flexibility index (Phi) is 4.68. The molecular formula is C20H21N3O4S. The molecule has 4 rings (SSSR count). The fraction of sp³-hybridized carbons (Fsp3) is 0.300. The van der Waals surface area contributed by atoms with E-state index >= 15 is 0 Å². The van der Waals surface area contributed by atoms with E-state index in [4.69, 9.17) is 0 Å². The molecule has 1 N–H and O–H groups in total. The number of imide groups is 1. The zero-order valence-electron chi connectivity index (χ0n) is 15.4. The number of benzene rings is 2. The summed E-state index contributed by atoms with van der Waals surface area (Å²) in [7, 11) is -3.84. The maximum absolute atomic E-state index is 13.1. The molecule has 2 aliphatic heterocycles. The van der Waals surface area contributed by atoms with Crippen LogP contribution in [-0.2, 0) is 21.4 Å². The quantitative estimate of drug-likeness (QED) is 0.850. The van der Waals surface area contributed by atoms with Gasteiger partial charge in [0.25, 0.3) is 5.91 Å². The van der Waals surface area contributed by atoms with E-state index in [1.54, 1.807) is 24.3 Å². The Morgan fingerprint density at radius 3 is 2.39 bits per heavy atom. The van der Waals surface area contributed by atoms with Crippen LogP contribution in [0.3, 0.4) is 0 Å². The Morgan fingerprint density at radius 1 is 1.04 bits per heavy atom. The number of carbonyl (C=O) groups is 2. The Morgan fingerprint density at radius 2 is 1.71 bits per heavy atom. The molecule has 2 aromatic rings. The van der Waals surface area contributed by atoms with Crippen LogP contribution in [0.5, 0.6) is 0 Å². The number of aryl methyl sites for hydroxylation is 1. The van der Waals surface area contributed by atoms with E-state index in [2.05, 4.69) is 5.32 Å². The molecule has 0 spiro atoms. The van der Waals surface area contributed by atoms with Crippen molar-refractivity contribution in [3.05, 3.63) is 65.7 Å². The average Bonchev–Trinajstić information content (AvgIpc) is 3.11. The smallest absolute Gasteiger partial charge is 0.324 e. The fourth-order valence-corrected chi connectivity index (χ4v) is 5.37. The van der Waals surface area contributed by atoms with Gasteiger partial charge in [0, 0.05) is 6.54 Å². The maximum atomic E-state index is 13.1. The molecule has 0 radical (unpaired) electrons. The first-order valence-corrected chi connectivity index (χ1v) is 10.6. The summed E-state index contributed by atoms with van der Waals surface area (Å²) in [5, 5.41) is 2.80. The third-order valence-electron chi connectivity index (χ3n) is 5.24. The van der Waals surface area contributed by atoms with Crippen LogP contribution < -0.4 is 5.32 Å². The predicted molar refractivity (Wildman–Crippen MR) is 103 cm³/mol. The predicted octanol–water partition coefficient (Wildman–Crippen LogP) is 1.88. The molecule has 2 atom stereocenters. The highest BCUT2D eigenvalue weighted by Gasteiger charge is 2.51. The largest absolute Gasteiger partial charge is 0.333 e. The van der Waals surface area contributed by atoms with Crippen molar-refractivity contribution < 1.29 is 18.0 Å². The molecule has 146 valence electrons. The topological polar surface area (TPSA) is 86.8 Å². The van der Waals surface area contributed by atoms with Gasteiger partial charge in [-0.3, -0.25) is 9.69 Å². The van der Waals surface area contributed by atoms with Crippen LogP contribution in [0.4, 0.5) is 4.79 Å². The normalized spacial score (nSPS) is 22.8. The van der Waals surface area contributed by atoms with Crippen LogP contribution in [0.25, 0.3) is 0 Å². The van der Waals surface area contributed by atoms with Crippen molar-refractivity contribution in [2.75, 3.05) is 6.54 Å². The molecular weight excluding hydrogens is 378 g/mol. The number of rotatable bonds is 4. The monoisotopic (exact) mass is 399 g/mol. The highest BCUT2D eigenvalue weighted by molar-refractivity contribution is 7.89. The minimum absolute atomic E-state index is 0.104. The van der Waals surface area contributed by atoms with E-state index in [-0.39, 0.29) is 18.0 Å². The molecule has 2 aromatic carbocycles. The molecule has 0 saturated carbocycles. The van der Waals surface area contributed by atoms with E-state index in [9.17, 15) is 18.0 Å². The van der Waals surface area contributed by atoms with Gasteiger partial charge in [0.1, 0.15) is 6.04 Å². The first-order chi connectivity index (χ1) is 13.4. The number of hydrogen-bond donors (Lipinski definition) is 1. The summed E-state index contributed by atoms with van der Waals surface area (Å²) < 4.78 is 27.5. The summed E-state index contributed by atoms with van der Waals surface area (Å²) >= 11 is 0. The standard InChI is InChI=1S/C20H21N3O4S/c1-14-7-9-16(10-8-14)28(26,27)23-12-11-17-18(23)19(24)22(20(25)21-17)13-15-5-3-2-4-6-15/h2-10,17-18H,11-13H2,1H3,(H,21,25)/t17-,18-/m0/s1. The second-order valence-electron chi connectivity index (χ2n) is 7.13. The number of nitrogens with one attached hydrogen (secondary N) is 1. The van der Waals surface area contributed by atoms with Crippen LogP contribution in [-0.4, -0.2) is 48.2 Å². The number of fused-ring (bicyclic) bond motifs is 1. The molecule has 2 fully saturated rings. The van der Waals surface area contributed by atoms with Crippen molar-refractivity contribution in [2.24, 2.45) is 0 Å². The van der Waals surface area contributed by atoms with Crippen LogP contribution in [0, 0.1) is 6.92 Å². The van der Waals surface area contributed by atoms with E-state index in [0.717, 1.165) is 16.0 Å². The van der Waals surface area contributed by atoms with Gasteiger partial charge < -0.3 is 5.32 Å². The third kappa shape index (κ3) is 3.18. The molecule has 0 bridgehead atoms. The van der Waals surface area contributed by atoms with E-state index in [1.807, 2.05) is 37.3 Å². The maximum Gasteiger partial charge on any atom is 0.324 e. The van der Waals surface area contributed by atoms with Gasteiger partial charge in [-0.2, -0.15) is 4.31 Å². The Balaban J connectivity index is 1.63. The van der Waals surface area contributed by atoms with Crippen molar-refractivity contribution in [1.29, 1.82) is 0 Å². The second kappa shape index (κ2) is 7.03. The number of nitrogens with zero attached hydrogens (tertiary/aromatic N) is 2. The van der Waals surface area contributed by atoms with E-state index < -0.39 is 34.0 Å². The highest BCUT2D eigenvalue weighted by Crippen LogP contribution is 2.30. The molecule has 0 aromatic heterocycles. The summed E-state index contributed by atoms with van der Waals surface area (Å²) in [5.74, 6) is -0.481. The fourth-order valence-electron chi connectivity index (χ4n) is 3.74. The van der Waals surface area contributed by atoms with Gasteiger partial charge in [-0.1, -0.05) is 48.0 Å². The molecule has 7 nitrogen and oxygen atoms in total. The molecule has 28 heavy (non-hydrogen) atoms. The second-order valence-corrected chi connectivity index (χ2v) is 9.02. The minimum Gasteiger partial charge on any atom is -0.333 e. The number of carbonyl (C=O) groups excluding carboxylic acids is 2.